The normalized spacial score (nSPS) is 11.5. The van der Waals surface area contributed by atoms with Gasteiger partial charge in [-0.25, -0.2) is 0 Å². The van der Waals surface area contributed by atoms with Gasteiger partial charge in [0.05, 0.1) is 28.7 Å². The molecule has 0 radical (unpaired) electrons. The van der Waals surface area contributed by atoms with Gasteiger partial charge in [-0.3, -0.25) is 10.1 Å². The van der Waals surface area contributed by atoms with Crippen molar-refractivity contribution in [3.8, 4) is 0 Å². The van der Waals surface area contributed by atoms with Crippen molar-refractivity contribution in [3.05, 3.63) is 38.9 Å². The summed E-state index contributed by atoms with van der Waals surface area (Å²) in [6, 6.07) is 4.54. The second-order valence-corrected chi connectivity index (χ2v) is 4.88. The number of hydrogen-bond acceptors (Lipinski definition) is 4. The van der Waals surface area contributed by atoms with Crippen LogP contribution in [-0.2, 0) is 11.3 Å². The number of nitro benzene ring substituents is 1. The molecule has 0 saturated carbocycles. The first-order chi connectivity index (χ1) is 7.81. The fourth-order valence-corrected chi connectivity index (χ4v) is 1.50. The maximum atomic E-state index is 10.8. The Labute approximate surface area is 105 Å². The highest BCUT2D eigenvalue weighted by Gasteiger charge is 2.18. The lowest BCUT2D eigenvalue weighted by Crippen LogP contribution is -2.37. The van der Waals surface area contributed by atoms with E-state index >= 15 is 0 Å². The van der Waals surface area contributed by atoms with Crippen molar-refractivity contribution in [3.63, 3.8) is 0 Å². The lowest BCUT2D eigenvalue weighted by Gasteiger charge is -2.18. The van der Waals surface area contributed by atoms with E-state index in [2.05, 4.69) is 0 Å². The fourth-order valence-electron chi connectivity index (χ4n) is 1.28. The minimum atomic E-state index is -0.476. The van der Waals surface area contributed by atoms with Crippen LogP contribution in [0.3, 0.4) is 0 Å². The van der Waals surface area contributed by atoms with E-state index < -0.39 is 10.5 Å². The number of ether oxygens (including phenoxy) is 1. The number of nitrogens with two attached hydrogens (primary N) is 1. The van der Waals surface area contributed by atoms with Crippen LogP contribution in [0.5, 0.6) is 0 Å². The maximum Gasteiger partial charge on any atom is 0.276 e. The van der Waals surface area contributed by atoms with Gasteiger partial charge in [0.15, 0.2) is 0 Å². The molecule has 0 spiro atoms. The van der Waals surface area contributed by atoms with Gasteiger partial charge < -0.3 is 10.5 Å². The van der Waals surface area contributed by atoms with Crippen LogP contribution in [0.1, 0.15) is 19.4 Å². The molecule has 0 aliphatic rings. The van der Waals surface area contributed by atoms with Crippen molar-refractivity contribution < 1.29 is 9.66 Å². The van der Waals surface area contributed by atoms with Gasteiger partial charge in [0.2, 0.25) is 0 Å². The molecule has 0 aliphatic heterocycles. The van der Waals surface area contributed by atoms with E-state index in [9.17, 15) is 10.1 Å². The number of nitro groups is 1. The second kappa shape index (κ2) is 5.44. The van der Waals surface area contributed by atoms with Crippen LogP contribution in [0.15, 0.2) is 18.2 Å². The smallest absolute Gasteiger partial charge is 0.276 e. The number of benzene rings is 1. The molecule has 1 rings (SSSR count). The van der Waals surface area contributed by atoms with E-state index in [0.29, 0.717) is 17.2 Å². The average molecular weight is 259 g/mol. The molecule has 1 aromatic rings. The summed E-state index contributed by atoms with van der Waals surface area (Å²) >= 11 is 5.91. The minimum absolute atomic E-state index is 0.0349. The van der Waals surface area contributed by atoms with Crippen molar-refractivity contribution in [2.24, 2.45) is 5.73 Å². The van der Waals surface area contributed by atoms with Gasteiger partial charge >= 0.3 is 0 Å². The first-order valence-corrected chi connectivity index (χ1v) is 5.47. The fraction of sp³-hybridized carbons (Fsp3) is 0.455. The highest BCUT2D eigenvalue weighted by Crippen LogP contribution is 2.26. The second-order valence-electron chi connectivity index (χ2n) is 4.48. The summed E-state index contributed by atoms with van der Waals surface area (Å²) in [7, 11) is 0. The van der Waals surface area contributed by atoms with Crippen LogP contribution in [0, 0.1) is 10.1 Å². The van der Waals surface area contributed by atoms with Crippen LogP contribution >= 0.6 is 11.6 Å². The summed E-state index contributed by atoms with van der Waals surface area (Å²) in [5.41, 5.74) is 5.61. The number of nitrogens with zero attached hydrogens (tertiary/aromatic N) is 1. The molecule has 17 heavy (non-hydrogen) atoms. The molecule has 94 valence electrons. The van der Waals surface area contributed by atoms with Crippen molar-refractivity contribution in [1.82, 2.24) is 0 Å². The highest BCUT2D eigenvalue weighted by molar-refractivity contribution is 6.31. The highest BCUT2D eigenvalue weighted by atomic mass is 35.5. The molecule has 0 amide bonds. The molecule has 0 aromatic heterocycles. The van der Waals surface area contributed by atoms with Crippen LogP contribution in [0.2, 0.25) is 5.02 Å². The summed E-state index contributed by atoms with van der Waals surface area (Å²) in [6.07, 6.45) is 0. The molecule has 1 aromatic carbocycles. The molecule has 6 heteroatoms. The SMILES string of the molecule is CC(C)(N)COCc1c(Cl)cccc1[N+](=O)[O-]. The number of rotatable bonds is 5. The predicted molar refractivity (Wildman–Crippen MR) is 66.0 cm³/mol. The van der Waals surface area contributed by atoms with Crippen molar-refractivity contribution in [2.45, 2.75) is 26.0 Å². The van der Waals surface area contributed by atoms with Gasteiger partial charge in [-0.05, 0) is 19.9 Å². The largest absolute Gasteiger partial charge is 0.375 e. The van der Waals surface area contributed by atoms with Crippen LogP contribution in [0.25, 0.3) is 0 Å². The van der Waals surface area contributed by atoms with Gasteiger partial charge in [-0.15, -0.1) is 0 Å². The Hall–Kier alpha value is -1.17. The molecule has 0 saturated heterocycles. The Morgan fingerprint density at radius 2 is 2.18 bits per heavy atom. The molecule has 0 fully saturated rings. The molecule has 5 nitrogen and oxygen atoms in total. The summed E-state index contributed by atoms with van der Waals surface area (Å²) in [4.78, 5) is 10.3. The van der Waals surface area contributed by atoms with Gasteiger partial charge in [0.25, 0.3) is 5.69 Å². The standard InChI is InChI=1S/C11H15ClN2O3/c1-11(2,13)7-17-6-8-9(12)4-3-5-10(8)14(15)16/h3-5H,6-7,13H2,1-2H3. The van der Waals surface area contributed by atoms with E-state index in [4.69, 9.17) is 22.1 Å². The van der Waals surface area contributed by atoms with E-state index in [0.717, 1.165) is 0 Å². The van der Waals surface area contributed by atoms with Crippen LogP contribution in [0.4, 0.5) is 5.69 Å². The number of halogens is 1. The number of hydrogen-bond donors (Lipinski definition) is 1. The Kier molecular flexibility index (Phi) is 4.45. The van der Waals surface area contributed by atoms with E-state index in [1.165, 1.54) is 12.1 Å². The maximum absolute atomic E-state index is 10.8. The Morgan fingerprint density at radius 3 is 2.71 bits per heavy atom. The van der Waals surface area contributed by atoms with Gasteiger partial charge in [0.1, 0.15) is 0 Å². The molecule has 0 unspecified atom stereocenters. The van der Waals surface area contributed by atoms with Gasteiger partial charge in [-0.2, -0.15) is 0 Å². The van der Waals surface area contributed by atoms with E-state index in [-0.39, 0.29) is 12.3 Å². The average Bonchev–Trinajstić information content (AvgIpc) is 2.18. The summed E-state index contributed by atoms with van der Waals surface area (Å²) in [5, 5.41) is 11.1. The molecule has 0 aliphatic carbocycles. The van der Waals surface area contributed by atoms with Crippen molar-refractivity contribution >= 4 is 17.3 Å². The Balaban J connectivity index is 2.79. The lowest BCUT2D eigenvalue weighted by molar-refractivity contribution is -0.385. The lowest BCUT2D eigenvalue weighted by atomic mass is 10.1. The van der Waals surface area contributed by atoms with E-state index in [1.54, 1.807) is 6.07 Å². The van der Waals surface area contributed by atoms with Gasteiger partial charge in [0, 0.05) is 11.6 Å². The molecule has 0 bridgehead atoms. The zero-order chi connectivity index (χ0) is 13.1. The van der Waals surface area contributed by atoms with Crippen LogP contribution < -0.4 is 5.73 Å². The quantitative estimate of drug-likeness (QED) is 0.650. The Morgan fingerprint density at radius 1 is 1.53 bits per heavy atom. The van der Waals surface area contributed by atoms with Crippen LogP contribution in [-0.4, -0.2) is 17.1 Å². The molecule has 0 atom stereocenters. The zero-order valence-corrected chi connectivity index (χ0v) is 10.5. The summed E-state index contributed by atoms with van der Waals surface area (Å²) in [6.45, 7) is 4.01. The molecular weight excluding hydrogens is 244 g/mol. The topological polar surface area (TPSA) is 78.4 Å². The minimum Gasteiger partial charge on any atom is -0.375 e. The predicted octanol–water partition coefficient (Wildman–Crippen LogP) is 2.50. The summed E-state index contributed by atoms with van der Waals surface area (Å²) < 4.78 is 5.34. The third kappa shape index (κ3) is 4.30. The first-order valence-electron chi connectivity index (χ1n) is 5.09. The molecular formula is C11H15ClN2O3. The summed E-state index contributed by atoms with van der Waals surface area (Å²) in [5.74, 6) is 0. The third-order valence-corrected chi connectivity index (χ3v) is 2.37. The van der Waals surface area contributed by atoms with Gasteiger partial charge in [-0.1, -0.05) is 17.7 Å². The third-order valence-electron chi connectivity index (χ3n) is 2.01. The molecule has 2 N–H and O–H groups in total. The van der Waals surface area contributed by atoms with E-state index in [1.807, 2.05) is 13.8 Å². The molecule has 0 heterocycles. The monoisotopic (exact) mass is 258 g/mol. The zero-order valence-electron chi connectivity index (χ0n) is 9.77. The van der Waals surface area contributed by atoms with Crippen molar-refractivity contribution in [1.29, 1.82) is 0 Å². The first kappa shape index (κ1) is 13.9. The van der Waals surface area contributed by atoms with Crippen molar-refractivity contribution in [2.75, 3.05) is 6.61 Å². The Bertz CT molecular complexity index is 416.